The molecule has 2 atom stereocenters. The van der Waals surface area contributed by atoms with Crippen LogP contribution < -0.4 is 15.8 Å². The summed E-state index contributed by atoms with van der Waals surface area (Å²) in [4.78, 5) is 20.2. The van der Waals surface area contributed by atoms with Crippen molar-refractivity contribution in [2.75, 3.05) is 11.9 Å². The van der Waals surface area contributed by atoms with Crippen molar-refractivity contribution in [3.8, 4) is 11.6 Å². The number of hydrogen-bond donors (Lipinski definition) is 2. The van der Waals surface area contributed by atoms with Crippen LogP contribution in [0.4, 0.5) is 5.69 Å². The van der Waals surface area contributed by atoms with E-state index < -0.39 is 6.10 Å². The summed E-state index contributed by atoms with van der Waals surface area (Å²) < 4.78 is 11.2. The Labute approximate surface area is 133 Å². The quantitative estimate of drug-likeness (QED) is 0.871. The largest absolute Gasteiger partial charge is 0.437 e. The Balaban J connectivity index is 1.62. The molecule has 3 N–H and O–H groups in total. The van der Waals surface area contributed by atoms with Crippen molar-refractivity contribution in [3.05, 3.63) is 42.9 Å². The van der Waals surface area contributed by atoms with Gasteiger partial charge in [-0.05, 0) is 25.0 Å². The second kappa shape index (κ2) is 7.17. The average molecular weight is 314 g/mol. The Morgan fingerprint density at radius 1 is 1.39 bits per heavy atom. The van der Waals surface area contributed by atoms with E-state index in [0.717, 1.165) is 6.42 Å². The molecule has 1 aromatic heterocycles. The number of hydrogen-bond acceptors (Lipinski definition) is 6. The molecule has 1 aromatic carbocycles. The normalized spacial score (nSPS) is 20.2. The number of nitrogens with one attached hydrogen (secondary N) is 1. The molecule has 0 spiro atoms. The van der Waals surface area contributed by atoms with Crippen LogP contribution in [0.1, 0.15) is 12.8 Å². The number of carbonyl (C=O) groups is 1. The summed E-state index contributed by atoms with van der Waals surface area (Å²) in [6, 6.07) is 7.08. The third-order valence-electron chi connectivity index (χ3n) is 3.53. The van der Waals surface area contributed by atoms with Gasteiger partial charge in [0.25, 0.3) is 5.91 Å². The maximum Gasteiger partial charge on any atom is 0.253 e. The number of amides is 1. The predicted molar refractivity (Wildman–Crippen MR) is 84.1 cm³/mol. The summed E-state index contributed by atoms with van der Waals surface area (Å²) in [5.41, 5.74) is 6.19. The third kappa shape index (κ3) is 4.02. The summed E-state index contributed by atoms with van der Waals surface area (Å²) in [5.74, 6) is 0.786. The Morgan fingerprint density at radius 3 is 3.04 bits per heavy atom. The highest BCUT2D eigenvalue weighted by Crippen LogP contribution is 2.24. The lowest BCUT2D eigenvalue weighted by molar-refractivity contribution is -0.126. The second-order valence-corrected chi connectivity index (χ2v) is 5.22. The number of rotatable bonds is 5. The number of nitrogens with two attached hydrogens (primary N) is 1. The van der Waals surface area contributed by atoms with E-state index in [1.165, 1.54) is 6.20 Å². The SMILES string of the molecule is NC[C@H]1CC[C@@H](C(=O)Nc2cccc(Oc3cnccn3)c2)O1. The highest BCUT2D eigenvalue weighted by Gasteiger charge is 2.29. The number of carbonyl (C=O) groups excluding carboxylic acids is 1. The van der Waals surface area contributed by atoms with Crippen LogP contribution in [0.2, 0.25) is 0 Å². The fraction of sp³-hybridized carbons (Fsp3) is 0.312. The zero-order valence-electron chi connectivity index (χ0n) is 12.5. The Bertz CT molecular complexity index is 665. The smallest absolute Gasteiger partial charge is 0.253 e. The first-order valence-electron chi connectivity index (χ1n) is 7.45. The first-order chi connectivity index (χ1) is 11.2. The first kappa shape index (κ1) is 15.4. The highest BCUT2D eigenvalue weighted by atomic mass is 16.5. The second-order valence-electron chi connectivity index (χ2n) is 5.22. The molecule has 23 heavy (non-hydrogen) atoms. The Kier molecular flexibility index (Phi) is 4.80. The van der Waals surface area contributed by atoms with Crippen LogP contribution in [0.15, 0.2) is 42.9 Å². The minimum absolute atomic E-state index is 0.0305. The van der Waals surface area contributed by atoms with Crippen LogP contribution in [0.5, 0.6) is 11.6 Å². The van der Waals surface area contributed by atoms with Gasteiger partial charge in [0, 0.05) is 30.7 Å². The van der Waals surface area contributed by atoms with E-state index in [1.807, 2.05) is 0 Å². The van der Waals surface area contributed by atoms with Crippen molar-refractivity contribution in [3.63, 3.8) is 0 Å². The maximum atomic E-state index is 12.2. The molecular weight excluding hydrogens is 296 g/mol. The fourth-order valence-corrected chi connectivity index (χ4v) is 2.39. The number of nitrogens with zero attached hydrogens (tertiary/aromatic N) is 2. The number of ether oxygens (including phenoxy) is 2. The van der Waals surface area contributed by atoms with Crippen LogP contribution in [-0.4, -0.2) is 34.6 Å². The number of aromatic nitrogens is 2. The minimum atomic E-state index is -0.451. The van der Waals surface area contributed by atoms with Gasteiger partial charge >= 0.3 is 0 Å². The lowest BCUT2D eigenvalue weighted by Gasteiger charge is -2.13. The molecule has 0 bridgehead atoms. The standard InChI is InChI=1S/C16H18N4O3/c17-9-13-4-5-14(22-13)16(21)20-11-2-1-3-12(8-11)23-15-10-18-6-7-19-15/h1-3,6-8,10,13-14H,4-5,9,17H2,(H,20,21)/t13-,14+/m1/s1. The zero-order valence-corrected chi connectivity index (χ0v) is 12.5. The van der Waals surface area contributed by atoms with Crippen LogP contribution in [-0.2, 0) is 9.53 Å². The van der Waals surface area contributed by atoms with Gasteiger partial charge in [-0.2, -0.15) is 0 Å². The first-order valence-corrected chi connectivity index (χ1v) is 7.45. The van der Waals surface area contributed by atoms with Crippen LogP contribution >= 0.6 is 0 Å². The molecule has 1 aliphatic rings. The van der Waals surface area contributed by atoms with E-state index in [9.17, 15) is 4.79 Å². The molecule has 0 radical (unpaired) electrons. The number of anilines is 1. The van der Waals surface area contributed by atoms with Gasteiger partial charge in [-0.3, -0.25) is 9.78 Å². The molecular formula is C16H18N4O3. The van der Waals surface area contributed by atoms with Gasteiger partial charge in [0.15, 0.2) is 0 Å². The molecule has 7 heteroatoms. The Morgan fingerprint density at radius 2 is 2.30 bits per heavy atom. The highest BCUT2D eigenvalue weighted by molar-refractivity contribution is 5.94. The van der Waals surface area contributed by atoms with Crippen LogP contribution in [0.25, 0.3) is 0 Å². The minimum Gasteiger partial charge on any atom is -0.437 e. The van der Waals surface area contributed by atoms with Crippen molar-refractivity contribution in [1.82, 2.24) is 9.97 Å². The molecule has 0 saturated carbocycles. The van der Waals surface area contributed by atoms with Gasteiger partial charge < -0.3 is 20.5 Å². The van der Waals surface area contributed by atoms with Gasteiger partial charge in [-0.25, -0.2) is 4.98 Å². The summed E-state index contributed by atoms with van der Waals surface area (Å²) in [6.45, 7) is 0.436. The average Bonchev–Trinajstić information content (AvgIpc) is 3.05. The lowest BCUT2D eigenvalue weighted by atomic mass is 10.2. The molecule has 120 valence electrons. The van der Waals surface area contributed by atoms with E-state index in [0.29, 0.717) is 30.3 Å². The van der Waals surface area contributed by atoms with Gasteiger partial charge in [0.05, 0.1) is 12.3 Å². The topological polar surface area (TPSA) is 99.4 Å². The molecule has 2 heterocycles. The molecule has 1 saturated heterocycles. The van der Waals surface area contributed by atoms with E-state index in [1.54, 1.807) is 36.7 Å². The fourth-order valence-electron chi connectivity index (χ4n) is 2.39. The van der Waals surface area contributed by atoms with Crippen LogP contribution in [0.3, 0.4) is 0 Å². The van der Waals surface area contributed by atoms with Gasteiger partial charge in [-0.15, -0.1) is 0 Å². The van der Waals surface area contributed by atoms with Gasteiger partial charge in [0.2, 0.25) is 5.88 Å². The molecule has 7 nitrogen and oxygen atoms in total. The molecule has 1 aliphatic heterocycles. The van der Waals surface area contributed by atoms with Crippen molar-refractivity contribution in [2.24, 2.45) is 5.73 Å². The van der Waals surface area contributed by atoms with Crippen molar-refractivity contribution in [2.45, 2.75) is 25.0 Å². The molecule has 0 unspecified atom stereocenters. The van der Waals surface area contributed by atoms with Crippen molar-refractivity contribution >= 4 is 11.6 Å². The summed E-state index contributed by atoms with van der Waals surface area (Å²) >= 11 is 0. The van der Waals surface area contributed by atoms with E-state index in [4.69, 9.17) is 15.2 Å². The predicted octanol–water partition coefficient (Wildman–Crippen LogP) is 1.71. The van der Waals surface area contributed by atoms with Crippen molar-refractivity contribution in [1.29, 1.82) is 0 Å². The van der Waals surface area contributed by atoms with E-state index in [2.05, 4.69) is 15.3 Å². The van der Waals surface area contributed by atoms with Gasteiger partial charge in [0.1, 0.15) is 11.9 Å². The summed E-state index contributed by atoms with van der Waals surface area (Å²) in [6.07, 6.45) is 5.65. The van der Waals surface area contributed by atoms with Crippen molar-refractivity contribution < 1.29 is 14.3 Å². The monoisotopic (exact) mass is 314 g/mol. The van der Waals surface area contributed by atoms with E-state index in [-0.39, 0.29) is 12.0 Å². The maximum absolute atomic E-state index is 12.2. The van der Waals surface area contributed by atoms with Crippen LogP contribution in [0, 0.1) is 0 Å². The lowest BCUT2D eigenvalue weighted by Crippen LogP contribution is -2.29. The third-order valence-corrected chi connectivity index (χ3v) is 3.53. The molecule has 1 amide bonds. The number of benzene rings is 1. The van der Waals surface area contributed by atoms with Gasteiger partial charge in [-0.1, -0.05) is 6.07 Å². The summed E-state index contributed by atoms with van der Waals surface area (Å²) in [7, 11) is 0. The zero-order chi connectivity index (χ0) is 16.1. The molecule has 0 aliphatic carbocycles. The molecule has 3 rings (SSSR count). The van der Waals surface area contributed by atoms with E-state index >= 15 is 0 Å². The molecule has 1 fully saturated rings. The Hall–Kier alpha value is -2.51. The molecule has 2 aromatic rings. The summed E-state index contributed by atoms with van der Waals surface area (Å²) in [5, 5.41) is 2.83.